The summed E-state index contributed by atoms with van der Waals surface area (Å²) >= 11 is 5.83. The van der Waals surface area contributed by atoms with Gasteiger partial charge >= 0.3 is 5.97 Å². The highest BCUT2D eigenvalue weighted by molar-refractivity contribution is 6.30. The predicted octanol–water partition coefficient (Wildman–Crippen LogP) is 3.76. The van der Waals surface area contributed by atoms with Gasteiger partial charge in [0.25, 0.3) is 0 Å². The van der Waals surface area contributed by atoms with Crippen molar-refractivity contribution in [2.75, 3.05) is 0 Å². The highest BCUT2D eigenvalue weighted by atomic mass is 35.5. The van der Waals surface area contributed by atoms with E-state index >= 15 is 0 Å². The van der Waals surface area contributed by atoms with Crippen LogP contribution in [0.1, 0.15) is 15.9 Å². The summed E-state index contributed by atoms with van der Waals surface area (Å²) in [5, 5.41) is 9.53. The predicted molar refractivity (Wildman–Crippen MR) is 69.1 cm³/mol. The van der Waals surface area contributed by atoms with Crippen LogP contribution in [-0.2, 0) is 6.61 Å². The number of rotatable bonds is 4. The number of carboxylic acid groups (broad SMARTS) is 1. The molecule has 2 aromatic carbocycles. The van der Waals surface area contributed by atoms with Gasteiger partial charge in [0.1, 0.15) is 23.7 Å². The number of hydrogen-bond donors (Lipinski definition) is 1. The van der Waals surface area contributed by atoms with E-state index in [1.807, 2.05) is 0 Å². The maximum atomic E-state index is 13.0. The lowest BCUT2D eigenvalue weighted by Gasteiger charge is -2.09. The van der Waals surface area contributed by atoms with E-state index in [4.69, 9.17) is 21.4 Å². The van der Waals surface area contributed by atoms with Gasteiger partial charge in [0, 0.05) is 5.02 Å². The second kappa shape index (κ2) is 5.71. The summed E-state index contributed by atoms with van der Waals surface area (Å²) in [7, 11) is 0. The van der Waals surface area contributed by atoms with Crippen molar-refractivity contribution in [2.45, 2.75) is 6.61 Å². The fourth-order valence-corrected chi connectivity index (χ4v) is 1.80. The average molecular weight is 281 g/mol. The highest BCUT2D eigenvalue weighted by Gasteiger charge is 2.12. The van der Waals surface area contributed by atoms with Gasteiger partial charge in [-0.05, 0) is 35.9 Å². The van der Waals surface area contributed by atoms with Crippen molar-refractivity contribution in [3.05, 3.63) is 64.4 Å². The van der Waals surface area contributed by atoms with Crippen molar-refractivity contribution in [2.24, 2.45) is 0 Å². The van der Waals surface area contributed by atoms with Crippen molar-refractivity contribution < 1.29 is 19.0 Å². The summed E-state index contributed by atoms with van der Waals surface area (Å²) in [6, 6.07) is 10.4. The molecule has 2 rings (SSSR count). The van der Waals surface area contributed by atoms with E-state index in [9.17, 15) is 9.18 Å². The number of ether oxygens (including phenoxy) is 1. The number of hydrogen-bond acceptors (Lipinski definition) is 2. The fourth-order valence-electron chi connectivity index (χ4n) is 1.58. The first-order chi connectivity index (χ1) is 9.06. The molecule has 19 heavy (non-hydrogen) atoms. The summed E-state index contributed by atoms with van der Waals surface area (Å²) < 4.78 is 18.4. The first-order valence-corrected chi connectivity index (χ1v) is 5.84. The SMILES string of the molecule is O=C(O)c1cc(F)ccc1OCc1cccc(Cl)c1. The second-order valence-electron chi connectivity index (χ2n) is 3.86. The van der Waals surface area contributed by atoms with Crippen LogP contribution in [0.2, 0.25) is 5.02 Å². The molecule has 0 amide bonds. The van der Waals surface area contributed by atoms with Crippen molar-refractivity contribution in [1.82, 2.24) is 0 Å². The van der Waals surface area contributed by atoms with Gasteiger partial charge in [-0.25, -0.2) is 9.18 Å². The van der Waals surface area contributed by atoms with Crippen LogP contribution >= 0.6 is 11.6 Å². The van der Waals surface area contributed by atoms with Gasteiger partial charge in [0.05, 0.1) is 0 Å². The van der Waals surface area contributed by atoms with Gasteiger partial charge in [0.2, 0.25) is 0 Å². The third kappa shape index (κ3) is 3.45. The summed E-state index contributed by atoms with van der Waals surface area (Å²) in [6.07, 6.45) is 0. The van der Waals surface area contributed by atoms with E-state index < -0.39 is 11.8 Å². The zero-order chi connectivity index (χ0) is 13.8. The number of halogens is 2. The molecule has 0 saturated carbocycles. The topological polar surface area (TPSA) is 46.5 Å². The van der Waals surface area contributed by atoms with Crippen molar-refractivity contribution in [3.8, 4) is 5.75 Å². The second-order valence-corrected chi connectivity index (χ2v) is 4.30. The molecule has 3 nitrogen and oxygen atoms in total. The Hall–Kier alpha value is -2.07. The Balaban J connectivity index is 2.17. The standard InChI is InChI=1S/C14H10ClFO3/c15-10-3-1-2-9(6-10)8-19-13-5-4-11(16)7-12(13)14(17)18/h1-7H,8H2,(H,17,18). The number of carboxylic acids is 1. The molecule has 98 valence electrons. The van der Waals surface area contributed by atoms with E-state index in [-0.39, 0.29) is 17.9 Å². The molecule has 0 spiro atoms. The molecule has 0 aromatic heterocycles. The van der Waals surface area contributed by atoms with Crippen LogP contribution < -0.4 is 4.74 Å². The van der Waals surface area contributed by atoms with Gasteiger partial charge in [-0.15, -0.1) is 0 Å². The molecule has 0 radical (unpaired) electrons. The third-order valence-electron chi connectivity index (χ3n) is 2.46. The Kier molecular flexibility index (Phi) is 4.02. The van der Waals surface area contributed by atoms with E-state index in [2.05, 4.69) is 0 Å². The smallest absolute Gasteiger partial charge is 0.339 e. The van der Waals surface area contributed by atoms with Crippen LogP contribution in [-0.4, -0.2) is 11.1 Å². The molecule has 0 fully saturated rings. The number of carbonyl (C=O) groups is 1. The lowest BCUT2D eigenvalue weighted by Crippen LogP contribution is -2.04. The maximum Gasteiger partial charge on any atom is 0.339 e. The Bertz CT molecular complexity index is 613. The van der Waals surface area contributed by atoms with Crippen molar-refractivity contribution in [3.63, 3.8) is 0 Å². The first-order valence-electron chi connectivity index (χ1n) is 5.46. The largest absolute Gasteiger partial charge is 0.488 e. The minimum atomic E-state index is -1.24. The molecule has 0 aliphatic heterocycles. The summed E-state index contributed by atoms with van der Waals surface area (Å²) in [4.78, 5) is 11.0. The van der Waals surface area contributed by atoms with Gasteiger partial charge in [0.15, 0.2) is 0 Å². The molecule has 0 unspecified atom stereocenters. The van der Waals surface area contributed by atoms with E-state index in [1.165, 1.54) is 6.07 Å². The Morgan fingerprint density at radius 3 is 2.74 bits per heavy atom. The lowest BCUT2D eigenvalue weighted by atomic mass is 10.2. The van der Waals surface area contributed by atoms with Crippen LogP contribution in [0.15, 0.2) is 42.5 Å². The van der Waals surface area contributed by atoms with E-state index in [1.54, 1.807) is 24.3 Å². The van der Waals surface area contributed by atoms with E-state index in [0.717, 1.165) is 17.7 Å². The maximum absolute atomic E-state index is 13.0. The molecular formula is C14H10ClFO3. The van der Waals surface area contributed by atoms with Gasteiger partial charge in [-0.2, -0.15) is 0 Å². The van der Waals surface area contributed by atoms with E-state index in [0.29, 0.717) is 5.02 Å². The molecule has 0 aliphatic rings. The molecule has 0 heterocycles. The molecule has 2 aromatic rings. The molecule has 1 N–H and O–H groups in total. The number of benzene rings is 2. The van der Waals surface area contributed by atoms with Crippen LogP contribution in [0.5, 0.6) is 5.75 Å². The average Bonchev–Trinajstić information content (AvgIpc) is 2.37. The van der Waals surface area contributed by atoms with Crippen LogP contribution in [0.3, 0.4) is 0 Å². The Morgan fingerprint density at radius 1 is 1.26 bits per heavy atom. The Labute approximate surface area is 114 Å². The van der Waals surface area contributed by atoms with Gasteiger partial charge in [-0.1, -0.05) is 23.7 Å². The highest BCUT2D eigenvalue weighted by Crippen LogP contribution is 2.21. The Morgan fingerprint density at radius 2 is 2.05 bits per heavy atom. The first kappa shape index (κ1) is 13.4. The van der Waals surface area contributed by atoms with Crippen LogP contribution in [0.25, 0.3) is 0 Å². The molecule has 0 bridgehead atoms. The lowest BCUT2D eigenvalue weighted by molar-refractivity contribution is 0.0691. The van der Waals surface area contributed by atoms with Crippen molar-refractivity contribution >= 4 is 17.6 Å². The van der Waals surface area contributed by atoms with Crippen molar-refractivity contribution in [1.29, 1.82) is 0 Å². The quantitative estimate of drug-likeness (QED) is 0.927. The number of aromatic carboxylic acids is 1. The molecule has 0 atom stereocenters. The summed E-state index contributed by atoms with van der Waals surface area (Å²) in [6.45, 7) is 0.159. The minimum absolute atomic E-state index is 0.119. The van der Waals surface area contributed by atoms with Gasteiger partial charge < -0.3 is 9.84 Å². The van der Waals surface area contributed by atoms with Gasteiger partial charge in [-0.3, -0.25) is 0 Å². The zero-order valence-corrected chi connectivity index (χ0v) is 10.5. The summed E-state index contributed by atoms with van der Waals surface area (Å²) in [5.74, 6) is -1.73. The normalized spacial score (nSPS) is 10.2. The molecule has 5 heteroatoms. The zero-order valence-electron chi connectivity index (χ0n) is 9.77. The fraction of sp³-hybridized carbons (Fsp3) is 0.0714. The van der Waals surface area contributed by atoms with Crippen LogP contribution in [0, 0.1) is 5.82 Å². The third-order valence-corrected chi connectivity index (χ3v) is 2.69. The van der Waals surface area contributed by atoms with Crippen LogP contribution in [0.4, 0.5) is 4.39 Å². The summed E-state index contributed by atoms with van der Waals surface area (Å²) in [5.41, 5.74) is 0.593. The molecular weight excluding hydrogens is 271 g/mol. The molecule has 0 aliphatic carbocycles. The minimum Gasteiger partial charge on any atom is -0.488 e. The monoisotopic (exact) mass is 280 g/mol. The molecule has 0 saturated heterocycles.